The molecule has 2 aromatic rings. The van der Waals surface area contributed by atoms with Crippen LogP contribution in [0.2, 0.25) is 0 Å². The van der Waals surface area contributed by atoms with E-state index in [0.29, 0.717) is 0 Å². The summed E-state index contributed by atoms with van der Waals surface area (Å²) in [5.74, 6) is -0.581. The Balaban J connectivity index is 1.80. The van der Waals surface area contributed by atoms with Gasteiger partial charge < -0.3 is 10.2 Å². The van der Waals surface area contributed by atoms with Crippen LogP contribution in [0.3, 0.4) is 0 Å². The van der Waals surface area contributed by atoms with Crippen LogP contribution in [0.1, 0.15) is 42.2 Å². The molecule has 1 aliphatic heterocycles. The van der Waals surface area contributed by atoms with Crippen LogP contribution >= 0.6 is 0 Å². The summed E-state index contributed by atoms with van der Waals surface area (Å²) >= 11 is 0. The Morgan fingerprint density at radius 1 is 1.40 bits per heavy atom. The monoisotopic (exact) mass is 341 g/mol. The second-order valence-corrected chi connectivity index (χ2v) is 6.62. The molecule has 2 amide bonds. The fourth-order valence-corrected chi connectivity index (χ4v) is 3.55. The molecule has 0 aliphatic carbocycles. The van der Waals surface area contributed by atoms with Crippen LogP contribution in [0.4, 0.5) is 0 Å². The first-order valence-electron chi connectivity index (χ1n) is 8.34. The Morgan fingerprint density at radius 3 is 2.76 bits per heavy atom. The van der Waals surface area contributed by atoms with Gasteiger partial charge in [0.05, 0.1) is 23.7 Å². The van der Waals surface area contributed by atoms with E-state index < -0.39 is 5.92 Å². The number of likely N-dealkylation sites (tertiary alicyclic amines) is 1. The molecule has 3 rings (SSSR count). The maximum atomic E-state index is 12.9. The molecule has 3 heterocycles. The summed E-state index contributed by atoms with van der Waals surface area (Å²) in [6, 6.07) is 3.27. The third-order valence-electron chi connectivity index (χ3n) is 4.83. The van der Waals surface area contributed by atoms with E-state index in [1.807, 2.05) is 39.2 Å². The zero-order valence-electron chi connectivity index (χ0n) is 14.9. The molecule has 0 saturated carbocycles. The molecule has 1 fully saturated rings. The van der Waals surface area contributed by atoms with E-state index >= 15 is 0 Å². The number of carbonyl (C=O) groups excluding carboxylic acids is 2. The number of aryl methyl sites for hydroxylation is 2. The maximum Gasteiger partial charge on any atom is 0.226 e. The molecule has 0 radical (unpaired) electrons. The molecule has 7 nitrogen and oxygen atoms in total. The fourth-order valence-electron chi connectivity index (χ4n) is 3.55. The summed E-state index contributed by atoms with van der Waals surface area (Å²) in [5, 5.41) is 7.36. The van der Waals surface area contributed by atoms with Gasteiger partial charge in [-0.3, -0.25) is 19.3 Å². The Morgan fingerprint density at radius 2 is 2.16 bits per heavy atom. The van der Waals surface area contributed by atoms with Crippen molar-refractivity contribution in [2.75, 3.05) is 7.05 Å². The molecule has 0 spiro atoms. The van der Waals surface area contributed by atoms with Gasteiger partial charge in [0, 0.05) is 44.7 Å². The van der Waals surface area contributed by atoms with E-state index in [2.05, 4.69) is 15.4 Å². The second kappa shape index (κ2) is 6.66. The van der Waals surface area contributed by atoms with E-state index in [1.54, 1.807) is 29.0 Å². The van der Waals surface area contributed by atoms with Crippen molar-refractivity contribution in [3.8, 4) is 0 Å². The minimum atomic E-state index is -0.430. The first-order valence-corrected chi connectivity index (χ1v) is 8.34. The van der Waals surface area contributed by atoms with E-state index in [0.717, 1.165) is 16.8 Å². The lowest BCUT2D eigenvalue weighted by molar-refractivity contribution is -0.128. The molecular formula is C18H23N5O2. The molecule has 25 heavy (non-hydrogen) atoms. The van der Waals surface area contributed by atoms with E-state index in [-0.39, 0.29) is 30.3 Å². The van der Waals surface area contributed by atoms with Crippen LogP contribution in [-0.4, -0.2) is 38.5 Å². The zero-order valence-corrected chi connectivity index (χ0v) is 14.9. The van der Waals surface area contributed by atoms with E-state index in [4.69, 9.17) is 0 Å². The van der Waals surface area contributed by atoms with Gasteiger partial charge in [0.2, 0.25) is 11.8 Å². The number of hydrogen-bond acceptors (Lipinski definition) is 4. The minimum absolute atomic E-state index is 0.0285. The van der Waals surface area contributed by atoms with Crippen molar-refractivity contribution < 1.29 is 9.59 Å². The number of rotatable bonds is 4. The third-order valence-corrected chi connectivity index (χ3v) is 4.83. The molecule has 0 aromatic carbocycles. The highest BCUT2D eigenvalue weighted by atomic mass is 16.2. The molecule has 1 saturated heterocycles. The van der Waals surface area contributed by atoms with Gasteiger partial charge in [-0.05, 0) is 25.5 Å². The van der Waals surface area contributed by atoms with Crippen LogP contribution in [-0.2, 0) is 16.6 Å². The Kier molecular flexibility index (Phi) is 4.57. The molecule has 0 bridgehead atoms. The molecule has 7 heteroatoms. The normalized spacial score (nSPS) is 21.4. The first-order chi connectivity index (χ1) is 11.9. The van der Waals surface area contributed by atoms with Gasteiger partial charge in [0.25, 0.3) is 0 Å². The topological polar surface area (TPSA) is 80.1 Å². The predicted octanol–water partition coefficient (Wildman–Crippen LogP) is 1.52. The Hall–Kier alpha value is -2.70. The maximum absolute atomic E-state index is 12.9. The van der Waals surface area contributed by atoms with Crippen LogP contribution in [0.25, 0.3) is 0 Å². The highest BCUT2D eigenvalue weighted by Gasteiger charge is 2.43. The SMILES string of the molecule is Cc1nn(C)cc1C(C)NC(=O)C1CC(=O)N(C)C1c1cccnc1. The third kappa shape index (κ3) is 3.26. The van der Waals surface area contributed by atoms with Crippen molar-refractivity contribution in [2.45, 2.75) is 32.4 Å². The van der Waals surface area contributed by atoms with Gasteiger partial charge in [0.15, 0.2) is 0 Å². The van der Waals surface area contributed by atoms with Gasteiger partial charge in [-0.2, -0.15) is 5.10 Å². The molecule has 3 atom stereocenters. The number of carbonyl (C=O) groups is 2. The standard InChI is InChI=1S/C18H23N5O2/c1-11(15-10-22(3)21-12(15)2)20-18(25)14-8-16(24)23(4)17(14)13-6-5-7-19-9-13/h5-7,9-11,14,17H,8H2,1-4H3,(H,20,25). The van der Waals surface area contributed by atoms with Crippen LogP contribution in [0.5, 0.6) is 0 Å². The molecule has 1 aliphatic rings. The molecular weight excluding hydrogens is 318 g/mol. The van der Waals surface area contributed by atoms with Crippen LogP contribution < -0.4 is 5.32 Å². The zero-order chi connectivity index (χ0) is 18.1. The minimum Gasteiger partial charge on any atom is -0.349 e. The summed E-state index contributed by atoms with van der Waals surface area (Å²) in [6.07, 6.45) is 5.52. The first kappa shape index (κ1) is 17.1. The number of aromatic nitrogens is 3. The summed E-state index contributed by atoms with van der Waals surface area (Å²) in [6.45, 7) is 3.85. The summed E-state index contributed by atoms with van der Waals surface area (Å²) in [5.41, 5.74) is 2.74. The largest absolute Gasteiger partial charge is 0.349 e. The van der Waals surface area contributed by atoms with Crippen molar-refractivity contribution in [2.24, 2.45) is 13.0 Å². The highest BCUT2D eigenvalue weighted by molar-refractivity contribution is 5.90. The highest BCUT2D eigenvalue weighted by Crippen LogP contribution is 2.37. The fraction of sp³-hybridized carbons (Fsp3) is 0.444. The van der Waals surface area contributed by atoms with Gasteiger partial charge >= 0.3 is 0 Å². The van der Waals surface area contributed by atoms with Crippen molar-refractivity contribution in [3.63, 3.8) is 0 Å². The van der Waals surface area contributed by atoms with Crippen molar-refractivity contribution in [3.05, 3.63) is 47.5 Å². The summed E-state index contributed by atoms with van der Waals surface area (Å²) in [4.78, 5) is 30.8. The Bertz CT molecular complexity index is 786. The Labute approximate surface area is 147 Å². The average Bonchev–Trinajstić information content (AvgIpc) is 3.07. The molecule has 2 aromatic heterocycles. The number of amides is 2. The number of nitrogens with zero attached hydrogens (tertiary/aromatic N) is 4. The second-order valence-electron chi connectivity index (χ2n) is 6.62. The lowest BCUT2D eigenvalue weighted by Crippen LogP contribution is -2.36. The predicted molar refractivity (Wildman–Crippen MR) is 92.4 cm³/mol. The average molecular weight is 341 g/mol. The van der Waals surface area contributed by atoms with Crippen LogP contribution in [0.15, 0.2) is 30.7 Å². The van der Waals surface area contributed by atoms with Gasteiger partial charge in [0.1, 0.15) is 0 Å². The van der Waals surface area contributed by atoms with Gasteiger partial charge in [-0.25, -0.2) is 0 Å². The quantitative estimate of drug-likeness (QED) is 0.914. The molecule has 132 valence electrons. The number of pyridine rings is 1. The lowest BCUT2D eigenvalue weighted by Gasteiger charge is -2.25. The van der Waals surface area contributed by atoms with Crippen molar-refractivity contribution in [1.29, 1.82) is 0 Å². The van der Waals surface area contributed by atoms with Gasteiger partial charge in [-0.1, -0.05) is 6.07 Å². The van der Waals surface area contributed by atoms with Crippen molar-refractivity contribution in [1.82, 2.24) is 25.0 Å². The molecule has 3 unspecified atom stereocenters. The number of nitrogens with one attached hydrogen (secondary N) is 1. The van der Waals surface area contributed by atoms with E-state index in [1.165, 1.54) is 0 Å². The van der Waals surface area contributed by atoms with E-state index in [9.17, 15) is 9.59 Å². The summed E-state index contributed by atoms with van der Waals surface area (Å²) < 4.78 is 1.73. The summed E-state index contributed by atoms with van der Waals surface area (Å²) in [7, 11) is 3.59. The van der Waals surface area contributed by atoms with Gasteiger partial charge in [-0.15, -0.1) is 0 Å². The number of hydrogen-bond donors (Lipinski definition) is 1. The smallest absolute Gasteiger partial charge is 0.226 e. The van der Waals surface area contributed by atoms with Crippen LogP contribution in [0, 0.1) is 12.8 Å². The molecule has 1 N–H and O–H groups in total. The van der Waals surface area contributed by atoms with Crippen molar-refractivity contribution >= 4 is 11.8 Å². The lowest BCUT2D eigenvalue weighted by atomic mass is 9.93.